The summed E-state index contributed by atoms with van der Waals surface area (Å²) in [7, 11) is 1.77. The first-order valence-electron chi connectivity index (χ1n) is 9.15. The van der Waals surface area contributed by atoms with Crippen molar-refractivity contribution in [2.24, 2.45) is 7.05 Å². The fraction of sp³-hybridized carbons (Fsp3) is 0.0476. The zero-order chi connectivity index (χ0) is 20.5. The number of benzene rings is 1. The molecule has 1 N–H and O–H groups in total. The van der Waals surface area contributed by atoms with Crippen LogP contribution in [-0.4, -0.2) is 29.3 Å². The third kappa shape index (κ3) is 3.32. The van der Waals surface area contributed by atoms with Crippen molar-refractivity contribution in [1.82, 2.24) is 29.3 Å². The van der Waals surface area contributed by atoms with E-state index in [-0.39, 0.29) is 11.8 Å². The van der Waals surface area contributed by atoms with Gasteiger partial charge in [0.25, 0.3) is 5.88 Å². The summed E-state index contributed by atoms with van der Waals surface area (Å²) in [6.45, 7) is 0. The van der Waals surface area contributed by atoms with Crippen LogP contribution in [0.5, 0.6) is 11.6 Å². The van der Waals surface area contributed by atoms with Crippen LogP contribution in [0.1, 0.15) is 0 Å². The molecule has 0 radical (unpaired) electrons. The van der Waals surface area contributed by atoms with Crippen LogP contribution in [0.4, 0.5) is 16.2 Å². The van der Waals surface area contributed by atoms with Gasteiger partial charge in [0.2, 0.25) is 11.8 Å². The number of rotatable bonds is 5. The molecule has 0 unspecified atom stereocenters. The average molecular weight is 401 g/mol. The topological polar surface area (TPSA) is 82.7 Å². The monoisotopic (exact) mass is 401 g/mol. The summed E-state index contributed by atoms with van der Waals surface area (Å²) in [6.07, 6.45) is 6.37. The Morgan fingerprint density at radius 1 is 1.03 bits per heavy atom. The van der Waals surface area contributed by atoms with Gasteiger partial charge in [-0.1, -0.05) is 6.07 Å². The first-order chi connectivity index (χ1) is 14.7. The highest BCUT2D eigenvalue weighted by Crippen LogP contribution is 2.28. The summed E-state index contributed by atoms with van der Waals surface area (Å²) in [5.41, 5.74) is 0.961. The summed E-state index contributed by atoms with van der Waals surface area (Å²) in [5, 5.41) is 7.97. The van der Waals surface area contributed by atoms with E-state index in [1.165, 1.54) is 0 Å². The number of halogens is 1. The second-order valence-corrected chi connectivity index (χ2v) is 6.51. The van der Waals surface area contributed by atoms with Crippen LogP contribution in [0, 0.1) is 5.82 Å². The van der Waals surface area contributed by atoms with Gasteiger partial charge >= 0.3 is 0 Å². The first kappa shape index (κ1) is 17.8. The van der Waals surface area contributed by atoms with Crippen molar-refractivity contribution in [3.05, 3.63) is 79.1 Å². The fourth-order valence-corrected chi connectivity index (χ4v) is 3.09. The molecule has 4 aromatic heterocycles. The van der Waals surface area contributed by atoms with E-state index in [2.05, 4.69) is 25.4 Å². The molecule has 0 fully saturated rings. The molecule has 30 heavy (non-hydrogen) atoms. The van der Waals surface area contributed by atoms with Crippen molar-refractivity contribution in [2.45, 2.75) is 0 Å². The van der Waals surface area contributed by atoms with Crippen LogP contribution in [0.25, 0.3) is 16.7 Å². The molecule has 1 aromatic carbocycles. The lowest BCUT2D eigenvalue weighted by molar-refractivity contribution is 0.421. The van der Waals surface area contributed by atoms with E-state index < -0.39 is 5.82 Å². The van der Waals surface area contributed by atoms with Crippen molar-refractivity contribution >= 4 is 22.7 Å². The van der Waals surface area contributed by atoms with Crippen molar-refractivity contribution in [3.63, 3.8) is 0 Å². The Balaban J connectivity index is 1.43. The highest BCUT2D eigenvalue weighted by Gasteiger charge is 2.12. The van der Waals surface area contributed by atoms with Crippen LogP contribution in [0.15, 0.2) is 73.3 Å². The lowest BCUT2D eigenvalue weighted by Crippen LogP contribution is -2.04. The number of hydrogen-bond donors (Lipinski definition) is 1. The number of pyridine rings is 1. The lowest BCUT2D eigenvalue weighted by atomic mass is 10.2. The number of ether oxygens (including phenoxy) is 1. The number of nitrogens with one attached hydrogen (secondary N) is 1. The van der Waals surface area contributed by atoms with E-state index in [0.717, 1.165) is 22.9 Å². The zero-order valence-electron chi connectivity index (χ0n) is 15.9. The average Bonchev–Trinajstić information content (AvgIpc) is 3.37. The van der Waals surface area contributed by atoms with Gasteiger partial charge in [0, 0.05) is 30.9 Å². The highest BCUT2D eigenvalue weighted by atomic mass is 19.1. The molecule has 9 heteroatoms. The quantitative estimate of drug-likeness (QED) is 0.475. The zero-order valence-corrected chi connectivity index (χ0v) is 15.9. The summed E-state index contributed by atoms with van der Waals surface area (Å²) in [6, 6.07) is 14.9. The maximum Gasteiger partial charge on any atom is 0.260 e. The summed E-state index contributed by atoms with van der Waals surface area (Å²) < 4.78 is 23.5. The van der Waals surface area contributed by atoms with Gasteiger partial charge in [-0.25, -0.2) is 9.97 Å². The molecule has 4 heterocycles. The van der Waals surface area contributed by atoms with Gasteiger partial charge in [0.15, 0.2) is 0 Å². The lowest BCUT2D eigenvalue weighted by Gasteiger charge is -2.09. The van der Waals surface area contributed by atoms with Crippen LogP contribution >= 0.6 is 0 Å². The molecule has 0 bridgehead atoms. The van der Waals surface area contributed by atoms with Crippen molar-refractivity contribution < 1.29 is 9.13 Å². The minimum Gasteiger partial charge on any atom is -0.436 e. The Kier molecular flexibility index (Phi) is 4.32. The van der Waals surface area contributed by atoms with Crippen molar-refractivity contribution in [1.29, 1.82) is 0 Å². The normalized spacial score (nSPS) is 11.0. The van der Waals surface area contributed by atoms with Gasteiger partial charge in [0.05, 0.1) is 17.9 Å². The smallest absolute Gasteiger partial charge is 0.260 e. The third-order valence-electron chi connectivity index (χ3n) is 4.55. The van der Waals surface area contributed by atoms with E-state index in [0.29, 0.717) is 11.6 Å². The first-order valence-corrected chi connectivity index (χ1v) is 9.15. The van der Waals surface area contributed by atoms with Crippen LogP contribution < -0.4 is 10.1 Å². The van der Waals surface area contributed by atoms with Crippen LogP contribution in [-0.2, 0) is 7.05 Å². The van der Waals surface area contributed by atoms with Gasteiger partial charge in [0.1, 0.15) is 17.4 Å². The molecule has 0 spiro atoms. The Hall–Kier alpha value is -4.27. The van der Waals surface area contributed by atoms with Gasteiger partial charge in [-0.05, 0) is 36.4 Å². The minimum atomic E-state index is -0.656. The van der Waals surface area contributed by atoms with Gasteiger partial charge in [-0.15, -0.1) is 0 Å². The molecule has 0 aliphatic rings. The Morgan fingerprint density at radius 3 is 2.77 bits per heavy atom. The Morgan fingerprint density at radius 2 is 1.97 bits per heavy atom. The predicted octanol–water partition coefficient (Wildman–Crippen LogP) is 4.22. The third-order valence-corrected chi connectivity index (χ3v) is 4.55. The number of fused-ring (bicyclic) bond motifs is 1. The van der Waals surface area contributed by atoms with Crippen molar-refractivity contribution in [3.8, 4) is 17.4 Å². The second kappa shape index (κ2) is 7.28. The number of nitrogens with zero attached hydrogens (tertiary/aromatic N) is 6. The summed E-state index contributed by atoms with van der Waals surface area (Å²) in [5.74, 6) is 1.33. The van der Waals surface area contributed by atoms with Gasteiger partial charge in [-0.2, -0.15) is 14.5 Å². The van der Waals surface area contributed by atoms with E-state index >= 15 is 0 Å². The highest BCUT2D eigenvalue weighted by molar-refractivity contribution is 5.83. The van der Waals surface area contributed by atoms with E-state index in [1.807, 2.05) is 47.2 Å². The second-order valence-electron chi connectivity index (χ2n) is 6.51. The minimum absolute atomic E-state index is 0.168. The molecule has 0 atom stereocenters. The maximum absolute atomic E-state index is 14.2. The van der Waals surface area contributed by atoms with Gasteiger partial charge < -0.3 is 14.6 Å². The van der Waals surface area contributed by atoms with Crippen LogP contribution in [0.2, 0.25) is 0 Å². The number of aryl methyl sites for hydroxylation is 1. The predicted molar refractivity (Wildman–Crippen MR) is 110 cm³/mol. The van der Waals surface area contributed by atoms with Gasteiger partial charge in [-0.3, -0.25) is 4.68 Å². The molecule has 148 valence electrons. The summed E-state index contributed by atoms with van der Waals surface area (Å²) in [4.78, 5) is 12.5. The molecular formula is C21H16FN7O. The number of anilines is 2. The molecule has 5 rings (SSSR count). The molecule has 0 aliphatic heterocycles. The Bertz CT molecular complexity index is 1330. The van der Waals surface area contributed by atoms with Crippen molar-refractivity contribution in [2.75, 3.05) is 5.32 Å². The van der Waals surface area contributed by atoms with Crippen LogP contribution in [0.3, 0.4) is 0 Å². The molecule has 5 aromatic rings. The molecule has 0 aliphatic carbocycles. The molecular weight excluding hydrogens is 385 g/mol. The molecule has 0 amide bonds. The van der Waals surface area contributed by atoms with E-state index in [9.17, 15) is 4.39 Å². The molecule has 0 saturated heterocycles. The SMILES string of the molecule is Cn1nccc1Nc1ncc(F)c(Oc2ccc3c(ccn3-c3ccccn3)c2)n1. The standard InChI is InChI=1S/C21H16FN7O/c1-28-19(7-10-25-28)26-21-24-13-16(22)20(27-21)30-15-5-6-17-14(12-15)8-11-29(17)18-4-2-3-9-23-18/h2-13H,1H3,(H,24,26,27). The molecule has 8 nitrogen and oxygen atoms in total. The molecule has 0 saturated carbocycles. The number of aromatic nitrogens is 6. The fourth-order valence-electron chi connectivity index (χ4n) is 3.09. The summed E-state index contributed by atoms with van der Waals surface area (Å²) >= 11 is 0. The maximum atomic E-state index is 14.2. The largest absolute Gasteiger partial charge is 0.436 e. The van der Waals surface area contributed by atoms with E-state index in [1.54, 1.807) is 36.3 Å². The van der Waals surface area contributed by atoms with E-state index in [4.69, 9.17) is 4.74 Å². The Labute approximate surface area is 170 Å². The number of hydrogen-bond acceptors (Lipinski definition) is 6.